The van der Waals surface area contributed by atoms with Crippen molar-refractivity contribution in [3.05, 3.63) is 57.9 Å². The highest BCUT2D eigenvalue weighted by Gasteiger charge is 2.32. The van der Waals surface area contributed by atoms with Crippen molar-refractivity contribution in [3.63, 3.8) is 0 Å². The summed E-state index contributed by atoms with van der Waals surface area (Å²) in [6.07, 6.45) is 0. The Bertz CT molecular complexity index is 1230. The molecule has 0 saturated carbocycles. The van der Waals surface area contributed by atoms with Gasteiger partial charge in [0.2, 0.25) is 10.0 Å². The third-order valence-electron chi connectivity index (χ3n) is 6.32. The van der Waals surface area contributed by atoms with Crippen LogP contribution in [0, 0.1) is 41.5 Å². The van der Waals surface area contributed by atoms with Crippen LogP contribution in [0.3, 0.4) is 0 Å². The van der Waals surface area contributed by atoms with E-state index in [-0.39, 0.29) is 0 Å². The molecule has 170 valence electrons. The van der Waals surface area contributed by atoms with Crippen LogP contribution in [0.2, 0.25) is 0 Å². The molecule has 0 aliphatic carbocycles. The first-order chi connectivity index (χ1) is 15.1. The van der Waals surface area contributed by atoms with E-state index >= 15 is 0 Å². The van der Waals surface area contributed by atoms with E-state index in [4.69, 9.17) is 0 Å². The lowest BCUT2D eigenvalue weighted by Gasteiger charge is -2.35. The van der Waals surface area contributed by atoms with Crippen LogP contribution in [0.25, 0.3) is 5.82 Å². The molecule has 0 N–H and O–H groups in total. The summed E-state index contributed by atoms with van der Waals surface area (Å²) < 4.78 is 30.3. The van der Waals surface area contributed by atoms with Crippen molar-refractivity contribution in [2.75, 3.05) is 31.1 Å². The Hall–Kier alpha value is -2.78. The molecule has 0 radical (unpaired) electrons. The van der Waals surface area contributed by atoms with Crippen LogP contribution in [-0.2, 0) is 10.0 Å². The van der Waals surface area contributed by atoms with Crippen LogP contribution in [-0.4, -0.2) is 58.9 Å². The largest absolute Gasteiger partial charge is 0.352 e. The molecule has 32 heavy (non-hydrogen) atoms. The second kappa shape index (κ2) is 8.29. The zero-order valence-corrected chi connectivity index (χ0v) is 20.4. The Labute approximate surface area is 189 Å². The van der Waals surface area contributed by atoms with Gasteiger partial charge in [0, 0.05) is 31.9 Å². The number of hydrogen-bond donors (Lipinski definition) is 0. The van der Waals surface area contributed by atoms with E-state index in [1.54, 1.807) is 8.99 Å². The topological polar surface area (TPSA) is 84.2 Å². The normalized spacial score (nSPS) is 15.4. The van der Waals surface area contributed by atoms with E-state index in [1.165, 1.54) is 0 Å². The lowest BCUT2D eigenvalue weighted by atomic mass is 10.0. The van der Waals surface area contributed by atoms with Crippen LogP contribution < -0.4 is 4.90 Å². The molecule has 0 amide bonds. The standard InChI is InChI=1S/C23H30N6O2S/c1-15-13-16(2)20(6)23(19(15)5)32(30,31)28-11-9-27(10-12-28)21-7-8-22(25-24-21)29-18(4)14-17(3)26-29/h7-8,13-14H,9-12H2,1-6H3. The van der Waals surface area contributed by atoms with Gasteiger partial charge in [-0.3, -0.25) is 0 Å². The summed E-state index contributed by atoms with van der Waals surface area (Å²) in [7, 11) is -3.56. The number of sulfonamides is 1. The third kappa shape index (κ3) is 3.91. The number of nitrogens with zero attached hydrogens (tertiary/aromatic N) is 6. The Morgan fingerprint density at radius 1 is 0.781 bits per heavy atom. The Kier molecular flexibility index (Phi) is 5.81. The summed E-state index contributed by atoms with van der Waals surface area (Å²) in [6, 6.07) is 7.86. The first kappa shape index (κ1) is 22.4. The summed E-state index contributed by atoms with van der Waals surface area (Å²) >= 11 is 0. The van der Waals surface area contributed by atoms with Crippen molar-refractivity contribution < 1.29 is 8.42 Å². The molecule has 1 saturated heterocycles. The minimum Gasteiger partial charge on any atom is -0.352 e. The average Bonchev–Trinajstić information content (AvgIpc) is 3.10. The maximum Gasteiger partial charge on any atom is 0.243 e. The summed E-state index contributed by atoms with van der Waals surface area (Å²) in [5.74, 6) is 1.41. The monoisotopic (exact) mass is 454 g/mol. The van der Waals surface area contributed by atoms with E-state index in [0.29, 0.717) is 36.9 Å². The fourth-order valence-electron chi connectivity index (χ4n) is 4.31. The summed E-state index contributed by atoms with van der Waals surface area (Å²) in [5.41, 5.74) is 5.61. The van der Waals surface area contributed by atoms with Gasteiger partial charge in [0.05, 0.1) is 10.6 Å². The van der Waals surface area contributed by atoms with E-state index in [0.717, 1.165) is 39.5 Å². The first-order valence-corrected chi connectivity index (χ1v) is 12.2. The maximum atomic E-state index is 13.5. The van der Waals surface area contributed by atoms with Crippen LogP contribution in [0.4, 0.5) is 5.82 Å². The molecule has 3 heterocycles. The van der Waals surface area contributed by atoms with Gasteiger partial charge in [-0.25, -0.2) is 13.1 Å². The average molecular weight is 455 g/mol. The Balaban J connectivity index is 1.51. The highest BCUT2D eigenvalue weighted by atomic mass is 32.2. The quantitative estimate of drug-likeness (QED) is 0.603. The van der Waals surface area contributed by atoms with Crippen LogP contribution >= 0.6 is 0 Å². The molecule has 4 rings (SSSR count). The zero-order valence-electron chi connectivity index (χ0n) is 19.5. The fourth-order valence-corrected chi connectivity index (χ4v) is 6.31. The van der Waals surface area contributed by atoms with Gasteiger partial charge in [-0.1, -0.05) is 6.07 Å². The fraction of sp³-hybridized carbons (Fsp3) is 0.435. The van der Waals surface area contributed by atoms with Gasteiger partial charge in [-0.05, 0) is 82.0 Å². The van der Waals surface area contributed by atoms with Gasteiger partial charge in [0.25, 0.3) is 0 Å². The van der Waals surface area contributed by atoms with Crippen LogP contribution in [0.15, 0.2) is 29.2 Å². The molecule has 1 aliphatic heterocycles. The van der Waals surface area contributed by atoms with Gasteiger partial charge in [-0.2, -0.15) is 9.40 Å². The summed E-state index contributed by atoms with van der Waals surface area (Å²) in [4.78, 5) is 2.53. The number of hydrogen-bond acceptors (Lipinski definition) is 6. The first-order valence-electron chi connectivity index (χ1n) is 10.8. The Morgan fingerprint density at radius 3 is 1.84 bits per heavy atom. The second-order valence-electron chi connectivity index (χ2n) is 8.57. The van der Waals surface area contributed by atoms with E-state index in [1.807, 2.05) is 59.7 Å². The van der Waals surface area contributed by atoms with Crippen LogP contribution in [0.5, 0.6) is 0 Å². The number of aromatic nitrogens is 4. The molecule has 8 nitrogen and oxygen atoms in total. The number of rotatable bonds is 4. The van der Waals surface area contributed by atoms with Crippen molar-refractivity contribution in [1.29, 1.82) is 0 Å². The van der Waals surface area contributed by atoms with Gasteiger partial charge in [0.1, 0.15) is 0 Å². The molecule has 0 bridgehead atoms. The molecule has 0 atom stereocenters. The number of benzene rings is 1. The van der Waals surface area contributed by atoms with Crippen LogP contribution in [0.1, 0.15) is 33.6 Å². The van der Waals surface area contributed by atoms with Crippen molar-refractivity contribution in [2.45, 2.75) is 46.4 Å². The van der Waals surface area contributed by atoms with Gasteiger partial charge in [0.15, 0.2) is 11.6 Å². The molecule has 1 fully saturated rings. The van der Waals surface area contributed by atoms with Crippen molar-refractivity contribution in [3.8, 4) is 5.82 Å². The summed E-state index contributed by atoms with van der Waals surface area (Å²) in [6.45, 7) is 13.6. The lowest BCUT2D eigenvalue weighted by Crippen LogP contribution is -2.49. The number of aryl methyl sites for hydroxylation is 4. The molecule has 9 heteroatoms. The highest BCUT2D eigenvalue weighted by Crippen LogP contribution is 2.29. The van der Waals surface area contributed by atoms with Crippen molar-refractivity contribution in [2.24, 2.45) is 0 Å². The molecular weight excluding hydrogens is 424 g/mol. The van der Waals surface area contributed by atoms with Crippen molar-refractivity contribution >= 4 is 15.8 Å². The molecule has 3 aromatic rings. The number of anilines is 1. The molecule has 2 aromatic heterocycles. The molecule has 1 aromatic carbocycles. The minimum absolute atomic E-state index is 0.412. The predicted octanol–water partition coefficient (Wildman–Crippen LogP) is 3.02. The Morgan fingerprint density at radius 2 is 1.34 bits per heavy atom. The van der Waals surface area contributed by atoms with Crippen molar-refractivity contribution in [1.82, 2.24) is 24.3 Å². The molecular formula is C23H30N6O2S. The molecule has 0 unspecified atom stereocenters. The van der Waals surface area contributed by atoms with Gasteiger partial charge < -0.3 is 4.90 Å². The zero-order chi connectivity index (χ0) is 23.2. The van der Waals surface area contributed by atoms with E-state index < -0.39 is 10.0 Å². The molecule has 0 spiro atoms. The smallest absolute Gasteiger partial charge is 0.243 e. The van der Waals surface area contributed by atoms with Gasteiger partial charge >= 0.3 is 0 Å². The van der Waals surface area contributed by atoms with Gasteiger partial charge in [-0.15, -0.1) is 10.2 Å². The SMILES string of the molecule is Cc1cc(C)n(-c2ccc(N3CCN(S(=O)(=O)c4c(C)c(C)cc(C)c4C)CC3)nn2)n1. The minimum atomic E-state index is -3.56. The third-order valence-corrected chi connectivity index (χ3v) is 8.49. The van der Waals surface area contributed by atoms with E-state index in [9.17, 15) is 8.42 Å². The maximum absolute atomic E-state index is 13.5. The lowest BCUT2D eigenvalue weighted by molar-refractivity contribution is 0.383. The van der Waals surface area contributed by atoms with E-state index in [2.05, 4.69) is 26.3 Å². The predicted molar refractivity (Wildman–Crippen MR) is 125 cm³/mol. The number of piperazine rings is 1. The highest BCUT2D eigenvalue weighted by molar-refractivity contribution is 7.89. The second-order valence-corrected chi connectivity index (χ2v) is 10.4. The summed E-state index contributed by atoms with van der Waals surface area (Å²) in [5, 5.41) is 13.1. The molecule has 1 aliphatic rings.